The van der Waals surface area contributed by atoms with E-state index < -0.39 is 0 Å². The van der Waals surface area contributed by atoms with E-state index in [1.54, 1.807) is 0 Å². The lowest BCUT2D eigenvalue weighted by Crippen LogP contribution is -2.24. The molecule has 0 aliphatic heterocycles. The quantitative estimate of drug-likeness (QED) is 0.758. The van der Waals surface area contributed by atoms with Crippen molar-refractivity contribution in [2.75, 3.05) is 6.54 Å². The molecule has 0 aromatic carbocycles. The Balaban J connectivity index is 2.56. The SMILES string of the molecule is CCCNC(CC(CC)CC)c1cnsn1. The molecule has 1 aromatic heterocycles. The minimum absolute atomic E-state index is 0.392. The summed E-state index contributed by atoms with van der Waals surface area (Å²) in [6, 6.07) is 0.392. The topological polar surface area (TPSA) is 37.8 Å². The van der Waals surface area contributed by atoms with Crippen LogP contribution < -0.4 is 5.32 Å². The average Bonchev–Trinajstić information content (AvgIpc) is 2.83. The monoisotopic (exact) mass is 241 g/mol. The van der Waals surface area contributed by atoms with E-state index in [1.807, 2.05) is 6.20 Å². The second-order valence-corrected chi connectivity index (χ2v) is 4.81. The van der Waals surface area contributed by atoms with Crippen molar-refractivity contribution in [3.05, 3.63) is 11.9 Å². The van der Waals surface area contributed by atoms with E-state index in [9.17, 15) is 0 Å². The van der Waals surface area contributed by atoms with Gasteiger partial charge in [-0.05, 0) is 25.3 Å². The molecule has 92 valence electrons. The third kappa shape index (κ3) is 4.18. The summed E-state index contributed by atoms with van der Waals surface area (Å²) in [7, 11) is 0. The Morgan fingerprint density at radius 1 is 1.31 bits per heavy atom. The van der Waals surface area contributed by atoms with E-state index in [0.717, 1.165) is 24.6 Å². The molecule has 0 amide bonds. The number of rotatable bonds is 8. The highest BCUT2D eigenvalue weighted by atomic mass is 32.1. The molecule has 1 unspecified atom stereocenters. The van der Waals surface area contributed by atoms with Crippen molar-refractivity contribution in [3.8, 4) is 0 Å². The van der Waals surface area contributed by atoms with Gasteiger partial charge in [-0.3, -0.25) is 0 Å². The fourth-order valence-electron chi connectivity index (χ4n) is 1.91. The zero-order valence-electron chi connectivity index (χ0n) is 10.6. The molecule has 1 heterocycles. The zero-order chi connectivity index (χ0) is 11.8. The van der Waals surface area contributed by atoms with E-state index in [4.69, 9.17) is 0 Å². The zero-order valence-corrected chi connectivity index (χ0v) is 11.4. The molecule has 0 aliphatic rings. The first-order valence-electron chi connectivity index (χ1n) is 6.32. The lowest BCUT2D eigenvalue weighted by atomic mass is 9.93. The van der Waals surface area contributed by atoms with Gasteiger partial charge >= 0.3 is 0 Å². The molecule has 0 fully saturated rings. The minimum Gasteiger partial charge on any atom is -0.309 e. The van der Waals surface area contributed by atoms with Crippen molar-refractivity contribution in [2.45, 2.75) is 52.5 Å². The highest BCUT2D eigenvalue weighted by Crippen LogP contribution is 2.24. The molecule has 1 N–H and O–H groups in total. The van der Waals surface area contributed by atoms with Crippen LogP contribution >= 0.6 is 11.7 Å². The molecule has 0 aliphatic carbocycles. The summed E-state index contributed by atoms with van der Waals surface area (Å²) in [5, 5.41) is 3.58. The molecular weight excluding hydrogens is 218 g/mol. The van der Waals surface area contributed by atoms with Gasteiger partial charge in [-0.2, -0.15) is 8.75 Å². The molecular formula is C12H23N3S. The molecule has 0 radical (unpaired) electrons. The average molecular weight is 241 g/mol. The van der Waals surface area contributed by atoms with Crippen LogP contribution in [0.2, 0.25) is 0 Å². The summed E-state index contributed by atoms with van der Waals surface area (Å²) < 4.78 is 8.46. The van der Waals surface area contributed by atoms with Crippen LogP contribution in [-0.4, -0.2) is 15.3 Å². The van der Waals surface area contributed by atoms with Crippen molar-refractivity contribution in [3.63, 3.8) is 0 Å². The second kappa shape index (κ2) is 7.74. The van der Waals surface area contributed by atoms with Gasteiger partial charge < -0.3 is 5.32 Å². The van der Waals surface area contributed by atoms with Crippen molar-refractivity contribution < 1.29 is 0 Å². The standard InChI is InChI=1S/C12H23N3S/c1-4-7-13-11(8-10(5-2)6-3)12-9-14-16-15-12/h9-11,13H,4-8H2,1-3H3. The highest BCUT2D eigenvalue weighted by Gasteiger charge is 2.17. The van der Waals surface area contributed by atoms with Crippen LogP contribution in [0, 0.1) is 5.92 Å². The number of nitrogens with zero attached hydrogens (tertiary/aromatic N) is 2. The summed E-state index contributed by atoms with van der Waals surface area (Å²) in [5.74, 6) is 0.788. The molecule has 3 nitrogen and oxygen atoms in total. The Labute approximate surface area is 103 Å². The summed E-state index contributed by atoms with van der Waals surface area (Å²) in [6.07, 6.45) is 6.74. The Morgan fingerprint density at radius 3 is 2.56 bits per heavy atom. The number of nitrogens with one attached hydrogen (secondary N) is 1. The van der Waals surface area contributed by atoms with Crippen molar-refractivity contribution >= 4 is 11.7 Å². The molecule has 0 bridgehead atoms. The van der Waals surface area contributed by atoms with Gasteiger partial charge in [0.25, 0.3) is 0 Å². The Hall–Kier alpha value is -0.480. The van der Waals surface area contributed by atoms with E-state index >= 15 is 0 Å². The van der Waals surface area contributed by atoms with E-state index in [1.165, 1.54) is 31.0 Å². The van der Waals surface area contributed by atoms with Crippen molar-refractivity contribution in [1.82, 2.24) is 14.1 Å². The summed E-state index contributed by atoms with van der Waals surface area (Å²) >= 11 is 1.30. The summed E-state index contributed by atoms with van der Waals surface area (Å²) in [6.45, 7) is 7.79. The molecule has 4 heteroatoms. The highest BCUT2D eigenvalue weighted by molar-refractivity contribution is 6.99. The first-order chi connectivity index (χ1) is 7.81. The lowest BCUT2D eigenvalue weighted by Gasteiger charge is -2.21. The van der Waals surface area contributed by atoms with Crippen LogP contribution in [0.4, 0.5) is 0 Å². The third-order valence-corrected chi connectivity index (χ3v) is 3.59. The smallest absolute Gasteiger partial charge is 0.0912 e. The van der Waals surface area contributed by atoms with Crippen LogP contribution in [-0.2, 0) is 0 Å². The maximum atomic E-state index is 4.36. The molecule has 1 rings (SSSR count). The normalized spacial score (nSPS) is 13.2. The van der Waals surface area contributed by atoms with Gasteiger partial charge in [0, 0.05) is 0 Å². The van der Waals surface area contributed by atoms with Gasteiger partial charge in [0.15, 0.2) is 0 Å². The number of aromatic nitrogens is 2. The van der Waals surface area contributed by atoms with E-state index in [2.05, 4.69) is 34.8 Å². The van der Waals surface area contributed by atoms with Gasteiger partial charge in [0.1, 0.15) is 0 Å². The van der Waals surface area contributed by atoms with Gasteiger partial charge in [0.2, 0.25) is 0 Å². The van der Waals surface area contributed by atoms with E-state index in [0.29, 0.717) is 6.04 Å². The van der Waals surface area contributed by atoms with Crippen molar-refractivity contribution in [1.29, 1.82) is 0 Å². The predicted molar refractivity (Wildman–Crippen MR) is 69.6 cm³/mol. The van der Waals surface area contributed by atoms with Gasteiger partial charge in [-0.15, -0.1) is 0 Å². The number of hydrogen-bond acceptors (Lipinski definition) is 4. The molecule has 1 atom stereocenters. The van der Waals surface area contributed by atoms with Crippen LogP contribution in [0.1, 0.15) is 58.2 Å². The Bertz CT molecular complexity index is 257. The lowest BCUT2D eigenvalue weighted by molar-refractivity contribution is 0.368. The molecule has 1 aromatic rings. The fourth-order valence-corrected chi connectivity index (χ4v) is 2.38. The maximum absolute atomic E-state index is 4.36. The Morgan fingerprint density at radius 2 is 2.06 bits per heavy atom. The van der Waals surface area contributed by atoms with Crippen LogP contribution in [0.25, 0.3) is 0 Å². The van der Waals surface area contributed by atoms with Crippen LogP contribution in [0.5, 0.6) is 0 Å². The van der Waals surface area contributed by atoms with Crippen LogP contribution in [0.3, 0.4) is 0 Å². The molecule has 0 saturated heterocycles. The Kier molecular flexibility index (Phi) is 6.57. The number of hydrogen-bond donors (Lipinski definition) is 1. The summed E-state index contributed by atoms with van der Waals surface area (Å²) in [5.41, 5.74) is 1.12. The third-order valence-electron chi connectivity index (χ3n) is 3.10. The van der Waals surface area contributed by atoms with Crippen molar-refractivity contribution in [2.24, 2.45) is 5.92 Å². The van der Waals surface area contributed by atoms with Gasteiger partial charge in [-0.1, -0.05) is 33.6 Å². The summed E-state index contributed by atoms with van der Waals surface area (Å²) in [4.78, 5) is 0. The fraction of sp³-hybridized carbons (Fsp3) is 0.833. The second-order valence-electron chi connectivity index (χ2n) is 4.26. The van der Waals surface area contributed by atoms with Gasteiger partial charge in [0.05, 0.1) is 29.7 Å². The van der Waals surface area contributed by atoms with Crippen LogP contribution in [0.15, 0.2) is 6.20 Å². The maximum Gasteiger partial charge on any atom is 0.0912 e. The molecule has 0 spiro atoms. The first-order valence-corrected chi connectivity index (χ1v) is 7.05. The first kappa shape index (κ1) is 13.6. The van der Waals surface area contributed by atoms with E-state index in [-0.39, 0.29) is 0 Å². The molecule has 0 saturated carbocycles. The minimum atomic E-state index is 0.392. The molecule has 16 heavy (non-hydrogen) atoms. The predicted octanol–water partition coefficient (Wildman–Crippen LogP) is 3.41. The largest absolute Gasteiger partial charge is 0.309 e. The van der Waals surface area contributed by atoms with Gasteiger partial charge in [-0.25, -0.2) is 0 Å².